The zero-order valence-corrected chi connectivity index (χ0v) is 20.5. The molecule has 2 fully saturated rings. The SMILES string of the molecule is O=C(NCCOc1ccc(S(=O)(=O)N2CCOCC2)cc1)C1CCCN(Cc2ccc(F)cc2)C1. The van der Waals surface area contributed by atoms with Gasteiger partial charge < -0.3 is 14.8 Å². The molecule has 0 aliphatic carbocycles. The molecular weight excluding hydrogens is 473 g/mol. The number of morpholine rings is 1. The van der Waals surface area contributed by atoms with Gasteiger partial charge in [-0.05, 0) is 61.3 Å². The van der Waals surface area contributed by atoms with E-state index in [1.165, 1.54) is 28.6 Å². The molecule has 10 heteroatoms. The molecule has 2 saturated heterocycles. The normalized spacial score (nSPS) is 19.9. The Morgan fingerprint density at radius 2 is 1.77 bits per heavy atom. The van der Waals surface area contributed by atoms with E-state index in [9.17, 15) is 17.6 Å². The topological polar surface area (TPSA) is 88.2 Å². The van der Waals surface area contributed by atoms with Gasteiger partial charge in [0.2, 0.25) is 15.9 Å². The first-order chi connectivity index (χ1) is 16.9. The standard InChI is InChI=1S/C25H32FN3O5S/c26-22-5-3-20(4-6-22)18-28-12-1-2-21(19-28)25(30)27-11-15-34-23-7-9-24(10-8-23)35(31,32)29-13-16-33-17-14-29/h3-10,21H,1-2,11-19H2,(H,27,30). The van der Waals surface area contributed by atoms with Crippen LogP contribution in [0, 0.1) is 11.7 Å². The largest absolute Gasteiger partial charge is 0.492 e. The summed E-state index contributed by atoms with van der Waals surface area (Å²) in [7, 11) is -3.53. The number of ether oxygens (including phenoxy) is 2. The molecule has 1 N–H and O–H groups in total. The average Bonchev–Trinajstić information content (AvgIpc) is 2.89. The fraction of sp³-hybridized carbons (Fsp3) is 0.480. The molecule has 35 heavy (non-hydrogen) atoms. The number of sulfonamides is 1. The Balaban J connectivity index is 1.19. The van der Waals surface area contributed by atoms with Crippen molar-refractivity contribution >= 4 is 15.9 Å². The molecule has 2 heterocycles. The molecule has 8 nitrogen and oxygen atoms in total. The van der Waals surface area contributed by atoms with Crippen LogP contribution in [0.5, 0.6) is 5.75 Å². The molecular formula is C25H32FN3O5S. The highest BCUT2D eigenvalue weighted by Gasteiger charge is 2.27. The Hall–Kier alpha value is -2.53. The third kappa shape index (κ3) is 7.00. The summed E-state index contributed by atoms with van der Waals surface area (Å²) >= 11 is 0. The van der Waals surface area contributed by atoms with Gasteiger partial charge in [0.05, 0.1) is 30.6 Å². The summed E-state index contributed by atoms with van der Waals surface area (Å²) in [6.45, 7) is 4.44. The molecule has 0 aromatic heterocycles. The first-order valence-corrected chi connectivity index (χ1v) is 13.4. The number of rotatable bonds is 9. The predicted molar refractivity (Wildman–Crippen MR) is 129 cm³/mol. The number of hydrogen-bond donors (Lipinski definition) is 1. The van der Waals surface area contributed by atoms with Crippen molar-refractivity contribution in [3.8, 4) is 5.75 Å². The minimum atomic E-state index is -3.53. The Labute approximate surface area is 206 Å². The van der Waals surface area contributed by atoms with Gasteiger partial charge in [-0.15, -0.1) is 0 Å². The van der Waals surface area contributed by atoms with Gasteiger partial charge in [-0.2, -0.15) is 4.31 Å². The molecule has 1 unspecified atom stereocenters. The summed E-state index contributed by atoms with van der Waals surface area (Å²) in [5.74, 6) is 0.211. The van der Waals surface area contributed by atoms with Gasteiger partial charge in [0.25, 0.3) is 0 Å². The van der Waals surface area contributed by atoms with Gasteiger partial charge in [0, 0.05) is 26.2 Å². The summed E-state index contributed by atoms with van der Waals surface area (Å²) < 4.78 is 50.8. The number of piperidine rings is 1. The van der Waals surface area contributed by atoms with E-state index in [1.807, 2.05) is 0 Å². The van der Waals surface area contributed by atoms with E-state index < -0.39 is 10.0 Å². The fourth-order valence-electron chi connectivity index (χ4n) is 4.39. The van der Waals surface area contributed by atoms with Crippen LogP contribution in [0.15, 0.2) is 53.4 Å². The second kappa shape index (κ2) is 11.9. The first-order valence-electron chi connectivity index (χ1n) is 12.0. The van der Waals surface area contributed by atoms with Crippen molar-refractivity contribution in [1.82, 2.24) is 14.5 Å². The molecule has 1 amide bonds. The van der Waals surface area contributed by atoms with Crippen molar-refractivity contribution in [1.29, 1.82) is 0 Å². The average molecular weight is 506 g/mol. The van der Waals surface area contributed by atoms with Gasteiger partial charge in [0.15, 0.2) is 0 Å². The number of nitrogens with one attached hydrogen (secondary N) is 1. The molecule has 2 aliphatic heterocycles. The summed E-state index contributed by atoms with van der Waals surface area (Å²) in [6.07, 6.45) is 1.78. The van der Waals surface area contributed by atoms with Crippen LogP contribution in [0.25, 0.3) is 0 Å². The van der Waals surface area contributed by atoms with Gasteiger partial charge in [0.1, 0.15) is 18.2 Å². The Bertz CT molecular complexity index is 1070. The van der Waals surface area contributed by atoms with Crippen molar-refractivity contribution in [3.63, 3.8) is 0 Å². The maximum absolute atomic E-state index is 13.1. The predicted octanol–water partition coefficient (Wildman–Crippen LogP) is 2.25. The molecule has 190 valence electrons. The second-order valence-electron chi connectivity index (χ2n) is 8.83. The zero-order valence-electron chi connectivity index (χ0n) is 19.7. The summed E-state index contributed by atoms with van der Waals surface area (Å²) in [5.41, 5.74) is 1.03. The van der Waals surface area contributed by atoms with Gasteiger partial charge in [-0.1, -0.05) is 12.1 Å². The molecule has 1 atom stereocenters. The molecule has 0 bridgehead atoms. The molecule has 0 spiro atoms. The van der Waals surface area contributed by atoms with Crippen molar-refractivity contribution in [3.05, 3.63) is 59.9 Å². The summed E-state index contributed by atoms with van der Waals surface area (Å²) in [5, 5.41) is 2.94. The number of likely N-dealkylation sites (tertiary alicyclic amines) is 1. The van der Waals surface area contributed by atoms with E-state index in [4.69, 9.17) is 9.47 Å². The number of amides is 1. The molecule has 0 saturated carbocycles. The number of hydrogen-bond acceptors (Lipinski definition) is 6. The van der Waals surface area contributed by atoms with Crippen LogP contribution in [-0.4, -0.2) is 76.1 Å². The lowest BCUT2D eigenvalue weighted by Gasteiger charge is -2.32. The van der Waals surface area contributed by atoms with Crippen molar-refractivity contribution in [2.75, 3.05) is 52.5 Å². The zero-order chi connectivity index (χ0) is 24.7. The van der Waals surface area contributed by atoms with Gasteiger partial charge in [-0.25, -0.2) is 12.8 Å². The van der Waals surface area contributed by atoms with Crippen molar-refractivity contribution in [2.24, 2.45) is 5.92 Å². The van der Waals surface area contributed by atoms with Crippen molar-refractivity contribution in [2.45, 2.75) is 24.3 Å². The van der Waals surface area contributed by atoms with E-state index >= 15 is 0 Å². The molecule has 0 radical (unpaired) electrons. The highest BCUT2D eigenvalue weighted by Crippen LogP contribution is 2.21. The monoisotopic (exact) mass is 505 g/mol. The maximum atomic E-state index is 13.1. The fourth-order valence-corrected chi connectivity index (χ4v) is 5.80. The molecule has 2 aliphatic rings. The summed E-state index contributed by atoms with van der Waals surface area (Å²) in [6, 6.07) is 12.8. The lowest BCUT2D eigenvalue weighted by molar-refractivity contribution is -0.126. The van der Waals surface area contributed by atoms with E-state index in [2.05, 4.69) is 10.2 Å². The Kier molecular flexibility index (Phi) is 8.72. The quantitative estimate of drug-likeness (QED) is 0.526. The first kappa shape index (κ1) is 25.6. The third-order valence-corrected chi connectivity index (χ3v) is 8.21. The van der Waals surface area contributed by atoms with E-state index in [-0.39, 0.29) is 29.1 Å². The van der Waals surface area contributed by atoms with Crippen LogP contribution in [-0.2, 0) is 26.1 Å². The Morgan fingerprint density at radius 3 is 2.49 bits per heavy atom. The number of carbonyl (C=O) groups is 1. The van der Waals surface area contributed by atoms with E-state index in [0.717, 1.165) is 24.9 Å². The van der Waals surface area contributed by atoms with Gasteiger partial charge in [-0.3, -0.25) is 9.69 Å². The third-order valence-electron chi connectivity index (χ3n) is 6.30. The van der Waals surface area contributed by atoms with Crippen LogP contribution in [0.2, 0.25) is 0 Å². The van der Waals surface area contributed by atoms with Crippen LogP contribution in [0.3, 0.4) is 0 Å². The van der Waals surface area contributed by atoms with E-state index in [1.54, 1.807) is 24.3 Å². The van der Waals surface area contributed by atoms with Crippen LogP contribution in [0.1, 0.15) is 18.4 Å². The molecule has 2 aromatic rings. The number of benzene rings is 2. The van der Waals surface area contributed by atoms with Crippen LogP contribution < -0.4 is 10.1 Å². The summed E-state index contributed by atoms with van der Waals surface area (Å²) in [4.78, 5) is 15.1. The van der Waals surface area contributed by atoms with Crippen LogP contribution in [0.4, 0.5) is 4.39 Å². The second-order valence-corrected chi connectivity index (χ2v) is 10.8. The molecule has 2 aromatic carbocycles. The maximum Gasteiger partial charge on any atom is 0.243 e. The number of nitrogens with zero attached hydrogens (tertiary/aromatic N) is 2. The lowest BCUT2D eigenvalue weighted by atomic mass is 9.96. The minimum absolute atomic E-state index is 0.00404. The highest BCUT2D eigenvalue weighted by molar-refractivity contribution is 7.89. The highest BCUT2D eigenvalue weighted by atomic mass is 32.2. The molecule has 4 rings (SSSR count). The minimum Gasteiger partial charge on any atom is -0.492 e. The lowest BCUT2D eigenvalue weighted by Crippen LogP contribution is -2.43. The number of carbonyl (C=O) groups excluding carboxylic acids is 1. The van der Waals surface area contributed by atoms with Crippen molar-refractivity contribution < 1.29 is 27.1 Å². The van der Waals surface area contributed by atoms with Gasteiger partial charge >= 0.3 is 0 Å². The Morgan fingerprint density at radius 1 is 1.06 bits per heavy atom. The van der Waals surface area contributed by atoms with Crippen LogP contribution >= 0.6 is 0 Å². The number of halogens is 1. The smallest absolute Gasteiger partial charge is 0.243 e. The van der Waals surface area contributed by atoms with E-state index in [0.29, 0.717) is 51.7 Å².